The Labute approximate surface area is 126 Å². The molecule has 1 N–H and O–H groups in total. The van der Waals surface area contributed by atoms with E-state index in [1.54, 1.807) is 24.3 Å². The lowest BCUT2D eigenvalue weighted by molar-refractivity contribution is 0.0613. The molecule has 4 heteroatoms. The fourth-order valence-electron chi connectivity index (χ4n) is 3.06. The van der Waals surface area contributed by atoms with Gasteiger partial charge in [0.05, 0.1) is 11.1 Å². The summed E-state index contributed by atoms with van der Waals surface area (Å²) in [5, 5.41) is 3.39. The molecule has 1 fully saturated rings. The van der Waals surface area contributed by atoms with E-state index in [1.807, 2.05) is 13.8 Å². The average molecular weight is 288 g/mol. The van der Waals surface area contributed by atoms with Crippen LogP contribution in [-0.4, -0.2) is 35.8 Å². The molecule has 2 aliphatic rings. The number of imide groups is 1. The second-order valence-electron chi connectivity index (χ2n) is 5.51. The first-order valence-electron chi connectivity index (χ1n) is 7.85. The lowest BCUT2D eigenvalue weighted by Crippen LogP contribution is -2.42. The van der Waals surface area contributed by atoms with Crippen LogP contribution in [0, 0.1) is 5.92 Å². The van der Waals surface area contributed by atoms with Crippen molar-refractivity contribution in [2.75, 3.05) is 13.1 Å². The molecule has 114 valence electrons. The monoisotopic (exact) mass is 288 g/mol. The molecule has 2 heterocycles. The second kappa shape index (κ2) is 6.85. The lowest BCUT2D eigenvalue weighted by Gasteiger charge is -2.30. The summed E-state index contributed by atoms with van der Waals surface area (Å²) in [4.78, 5) is 25.9. The van der Waals surface area contributed by atoms with Crippen LogP contribution in [-0.2, 0) is 0 Å². The maximum Gasteiger partial charge on any atom is 0.261 e. The van der Waals surface area contributed by atoms with Gasteiger partial charge in [-0.2, -0.15) is 0 Å². The highest BCUT2D eigenvalue weighted by atomic mass is 16.2. The molecule has 2 amide bonds. The zero-order valence-corrected chi connectivity index (χ0v) is 13.1. The number of piperidine rings is 1. The van der Waals surface area contributed by atoms with Gasteiger partial charge in [0.25, 0.3) is 11.8 Å². The molecule has 0 saturated carbocycles. The Kier molecular flexibility index (Phi) is 5.12. The first-order valence-corrected chi connectivity index (χ1v) is 7.85. The third-order valence-electron chi connectivity index (χ3n) is 4.05. The Morgan fingerprint density at radius 1 is 1.14 bits per heavy atom. The van der Waals surface area contributed by atoms with E-state index in [0.29, 0.717) is 29.6 Å². The van der Waals surface area contributed by atoms with Crippen molar-refractivity contribution in [2.24, 2.45) is 5.92 Å². The lowest BCUT2D eigenvalue weighted by atomic mass is 9.93. The predicted molar refractivity (Wildman–Crippen MR) is 83.3 cm³/mol. The van der Waals surface area contributed by atoms with Crippen molar-refractivity contribution in [3.05, 3.63) is 35.4 Å². The van der Waals surface area contributed by atoms with E-state index in [4.69, 9.17) is 0 Å². The molecule has 0 bridgehead atoms. The molecule has 4 nitrogen and oxygen atoms in total. The Morgan fingerprint density at radius 2 is 1.71 bits per heavy atom. The largest absolute Gasteiger partial charge is 0.314 e. The molecule has 2 aliphatic heterocycles. The topological polar surface area (TPSA) is 49.4 Å². The third kappa shape index (κ3) is 3.16. The average Bonchev–Trinajstić information content (AvgIpc) is 2.75. The number of amides is 2. The maximum atomic E-state index is 12.3. The van der Waals surface area contributed by atoms with Gasteiger partial charge in [-0.3, -0.25) is 14.5 Å². The van der Waals surface area contributed by atoms with Crippen LogP contribution in [0.5, 0.6) is 0 Å². The number of nitrogens with one attached hydrogen (secondary N) is 1. The van der Waals surface area contributed by atoms with Gasteiger partial charge in [-0.15, -0.1) is 0 Å². The Morgan fingerprint density at radius 3 is 2.24 bits per heavy atom. The molecule has 0 spiro atoms. The minimum Gasteiger partial charge on any atom is -0.314 e. The highest BCUT2D eigenvalue weighted by molar-refractivity contribution is 6.21. The Balaban J connectivity index is 0.000000774. The summed E-state index contributed by atoms with van der Waals surface area (Å²) in [5.74, 6) is 0.150. The normalized spacial score (nSPS) is 24.4. The van der Waals surface area contributed by atoms with E-state index in [-0.39, 0.29) is 11.8 Å². The smallest absolute Gasteiger partial charge is 0.261 e. The Bertz CT molecular complexity index is 492. The molecule has 1 aromatic rings. The van der Waals surface area contributed by atoms with E-state index in [0.717, 1.165) is 19.4 Å². The fraction of sp³-hybridized carbons (Fsp3) is 0.529. The molecule has 3 rings (SSSR count). The highest BCUT2D eigenvalue weighted by Gasteiger charge is 2.36. The van der Waals surface area contributed by atoms with Gasteiger partial charge in [-0.1, -0.05) is 26.0 Å². The maximum absolute atomic E-state index is 12.3. The van der Waals surface area contributed by atoms with E-state index in [1.165, 1.54) is 4.90 Å². The van der Waals surface area contributed by atoms with Crippen LogP contribution >= 0.6 is 0 Å². The number of carbonyl (C=O) groups is 2. The molecule has 2 unspecified atom stereocenters. The zero-order valence-electron chi connectivity index (χ0n) is 13.1. The quantitative estimate of drug-likeness (QED) is 0.851. The van der Waals surface area contributed by atoms with E-state index in [2.05, 4.69) is 12.2 Å². The van der Waals surface area contributed by atoms with Gasteiger partial charge < -0.3 is 5.32 Å². The minimum atomic E-state index is -0.133. The number of rotatable bonds is 2. The Hall–Kier alpha value is -1.68. The summed E-state index contributed by atoms with van der Waals surface area (Å²) in [7, 11) is 0. The van der Waals surface area contributed by atoms with Gasteiger partial charge in [0.2, 0.25) is 0 Å². The molecule has 1 aromatic carbocycles. The van der Waals surface area contributed by atoms with Crippen molar-refractivity contribution >= 4 is 11.8 Å². The molecule has 0 aromatic heterocycles. The van der Waals surface area contributed by atoms with Crippen LogP contribution in [0.15, 0.2) is 24.3 Å². The SMILES string of the molecule is CC.CC1CC(CN2C(=O)c3ccccc3C2=O)CCN1. The number of nitrogens with zero attached hydrogens (tertiary/aromatic N) is 1. The number of benzene rings is 1. The van der Waals surface area contributed by atoms with Gasteiger partial charge in [-0.05, 0) is 44.4 Å². The van der Waals surface area contributed by atoms with Crippen LogP contribution in [0.2, 0.25) is 0 Å². The van der Waals surface area contributed by atoms with Crippen molar-refractivity contribution < 1.29 is 9.59 Å². The molecule has 1 saturated heterocycles. The summed E-state index contributed by atoms with van der Waals surface area (Å²) in [5.41, 5.74) is 1.10. The number of fused-ring (bicyclic) bond motifs is 1. The highest BCUT2D eigenvalue weighted by Crippen LogP contribution is 2.26. The van der Waals surface area contributed by atoms with Gasteiger partial charge in [0, 0.05) is 12.6 Å². The summed E-state index contributed by atoms with van der Waals surface area (Å²) in [6, 6.07) is 7.55. The summed E-state index contributed by atoms with van der Waals surface area (Å²) < 4.78 is 0. The van der Waals surface area contributed by atoms with Crippen molar-refractivity contribution in [2.45, 2.75) is 39.7 Å². The molecule has 0 radical (unpaired) electrons. The van der Waals surface area contributed by atoms with Crippen LogP contribution in [0.4, 0.5) is 0 Å². The van der Waals surface area contributed by atoms with E-state index < -0.39 is 0 Å². The van der Waals surface area contributed by atoms with Gasteiger partial charge in [-0.25, -0.2) is 0 Å². The molecular weight excluding hydrogens is 264 g/mol. The van der Waals surface area contributed by atoms with Gasteiger partial charge in [0.15, 0.2) is 0 Å². The summed E-state index contributed by atoms with van der Waals surface area (Å²) in [6.07, 6.45) is 2.05. The molecule has 0 aliphatic carbocycles. The zero-order chi connectivity index (χ0) is 15.4. The van der Waals surface area contributed by atoms with Gasteiger partial charge >= 0.3 is 0 Å². The van der Waals surface area contributed by atoms with E-state index >= 15 is 0 Å². The van der Waals surface area contributed by atoms with Crippen molar-refractivity contribution in [3.8, 4) is 0 Å². The third-order valence-corrected chi connectivity index (χ3v) is 4.05. The summed E-state index contributed by atoms with van der Waals surface area (Å²) in [6.45, 7) is 7.67. The van der Waals surface area contributed by atoms with Crippen LogP contribution in [0.1, 0.15) is 54.3 Å². The van der Waals surface area contributed by atoms with Crippen molar-refractivity contribution in [1.29, 1.82) is 0 Å². The summed E-state index contributed by atoms with van der Waals surface area (Å²) >= 11 is 0. The predicted octanol–water partition coefficient (Wildman–Crippen LogP) is 2.70. The second-order valence-corrected chi connectivity index (χ2v) is 5.51. The van der Waals surface area contributed by atoms with Crippen molar-refractivity contribution in [1.82, 2.24) is 10.2 Å². The van der Waals surface area contributed by atoms with Crippen LogP contribution < -0.4 is 5.32 Å². The number of hydrogen-bond acceptors (Lipinski definition) is 3. The van der Waals surface area contributed by atoms with Crippen molar-refractivity contribution in [3.63, 3.8) is 0 Å². The minimum absolute atomic E-state index is 0.133. The van der Waals surface area contributed by atoms with Crippen LogP contribution in [0.25, 0.3) is 0 Å². The van der Waals surface area contributed by atoms with Crippen LogP contribution in [0.3, 0.4) is 0 Å². The fourth-order valence-corrected chi connectivity index (χ4v) is 3.06. The van der Waals surface area contributed by atoms with E-state index in [9.17, 15) is 9.59 Å². The number of carbonyl (C=O) groups excluding carboxylic acids is 2. The van der Waals surface area contributed by atoms with Gasteiger partial charge in [0.1, 0.15) is 0 Å². The first-order chi connectivity index (χ1) is 10.2. The molecule has 2 atom stereocenters. The first kappa shape index (κ1) is 15.7. The number of hydrogen-bond donors (Lipinski definition) is 1. The molecular formula is C17H24N2O2. The standard InChI is InChI=1S/C15H18N2O2.C2H6/c1-10-8-11(6-7-16-10)9-17-14(18)12-4-2-3-5-13(12)15(17)19;1-2/h2-5,10-11,16H,6-9H2,1H3;1-2H3. The molecule has 21 heavy (non-hydrogen) atoms.